The average Bonchev–Trinajstić information content (AvgIpc) is 1.52. The Kier molecular flexibility index (Phi) is 15.3. The van der Waals surface area contributed by atoms with Crippen molar-refractivity contribution in [3.05, 3.63) is 24.5 Å². The lowest BCUT2D eigenvalue weighted by Crippen LogP contribution is -2.57. The fourth-order valence-electron chi connectivity index (χ4n) is 11.2. The minimum absolute atomic E-state index is 0.0000756. The van der Waals surface area contributed by atoms with Gasteiger partial charge in [0.05, 0.1) is 15.9 Å². The second-order valence-electron chi connectivity index (χ2n) is 20.1. The Morgan fingerprint density at radius 3 is 1.05 bits per heavy atom. The van der Waals surface area contributed by atoms with Crippen LogP contribution < -0.4 is 153 Å². The second-order valence-corrected chi connectivity index (χ2v) is 21.1. The maximum absolute atomic E-state index is 7.26. The first-order chi connectivity index (χ1) is 39.4. The SMILES string of the molecule is [B]c1c([B])c([B])c(-c2c([B])c([B])c(-c3ccc4sc5c(-c6c([B])c([B])c([B])c(-c7c([B])c([B])c([B])c8c7oc7c([B])c([B])c(-c9c([B])c([B])c(-c%10c([B])c([B])c([B])c([B])c%10[B])c([B])c9[B])c([B])c78)c6[B])ncnc5c4c3)c([B])c2[B])c([B])c1[B]. The minimum atomic E-state index is -0.184. The highest BCUT2D eigenvalue weighted by Crippen LogP contribution is 2.39. The van der Waals surface area contributed by atoms with Gasteiger partial charge in [0.1, 0.15) is 237 Å². The summed E-state index contributed by atoms with van der Waals surface area (Å²) in [5.74, 6) is 0. The molecule has 0 unspecified atom stereocenters. The number of furan rings is 1. The third kappa shape index (κ3) is 8.32. The minimum Gasteiger partial charge on any atom is -0.456 e. The lowest BCUT2D eigenvalue weighted by atomic mass is 9.55. The van der Waals surface area contributed by atoms with Crippen molar-refractivity contribution >= 4 is 426 Å². The molecular weight excluding hydrogens is 1000 g/mol. The van der Waals surface area contributed by atoms with E-state index in [0.29, 0.717) is 26.7 Å². The van der Waals surface area contributed by atoms with Crippen LogP contribution in [-0.2, 0) is 0 Å². The third-order valence-corrected chi connectivity index (χ3v) is 16.9. The van der Waals surface area contributed by atoms with Crippen LogP contribution in [0.15, 0.2) is 28.9 Å². The van der Waals surface area contributed by atoms with Crippen LogP contribution in [0.4, 0.5) is 0 Å². The first-order valence-electron chi connectivity index (χ1n) is 24.6. The van der Waals surface area contributed by atoms with Gasteiger partial charge in [-0.1, -0.05) is 115 Å². The maximum Gasteiger partial charge on any atom is 0.141 e. The summed E-state index contributed by atoms with van der Waals surface area (Å²) in [5, 5.41) is 0.770. The van der Waals surface area contributed by atoms with Crippen LogP contribution in [0.3, 0.4) is 0 Å². The lowest BCUT2D eigenvalue weighted by Gasteiger charge is -2.29. The Bertz CT molecular complexity index is 4780. The van der Waals surface area contributed by atoms with E-state index in [-0.39, 0.29) is 231 Å². The van der Waals surface area contributed by atoms with E-state index < -0.39 is 0 Å². The molecule has 0 aliphatic heterocycles. The van der Waals surface area contributed by atoms with Crippen LogP contribution in [0.25, 0.3) is 109 Å². The molecule has 0 amide bonds. The predicted molar refractivity (Wildman–Crippen MR) is 386 cm³/mol. The summed E-state index contributed by atoms with van der Waals surface area (Å²) in [6, 6.07) is 5.39. The van der Waals surface area contributed by atoms with Crippen LogP contribution in [0.2, 0.25) is 0 Å². The Morgan fingerprint density at radius 2 is 0.595 bits per heavy atom. The van der Waals surface area contributed by atoms with Crippen LogP contribution in [0, 0.1) is 0 Å². The summed E-state index contributed by atoms with van der Waals surface area (Å²) in [4.78, 5) is 9.39. The Hall–Kier alpha value is -5.32. The number of benzene rings is 8. The van der Waals surface area contributed by atoms with Gasteiger partial charge in [-0.25, -0.2) is 9.97 Å². The van der Waals surface area contributed by atoms with Gasteiger partial charge in [-0.15, -0.1) is 55.0 Å². The average molecular weight is 1010 g/mol. The van der Waals surface area contributed by atoms with Crippen LogP contribution in [0.5, 0.6) is 0 Å². The van der Waals surface area contributed by atoms with Crippen molar-refractivity contribution in [3.63, 3.8) is 0 Å². The van der Waals surface area contributed by atoms with Crippen molar-refractivity contribution in [2.75, 3.05) is 0 Å². The largest absolute Gasteiger partial charge is 0.456 e. The molecule has 32 heteroatoms. The van der Waals surface area contributed by atoms with Gasteiger partial charge in [0.25, 0.3) is 0 Å². The molecule has 0 saturated carbocycles. The fourth-order valence-corrected chi connectivity index (χ4v) is 12.3. The number of aromatic nitrogens is 2. The quantitative estimate of drug-likeness (QED) is 0.156. The topological polar surface area (TPSA) is 38.9 Å². The van der Waals surface area contributed by atoms with E-state index in [0.717, 1.165) is 4.70 Å². The molecule has 0 aliphatic carbocycles. The molecule has 0 atom stereocenters. The molecule has 8 aromatic carbocycles. The third-order valence-electron chi connectivity index (χ3n) is 15.7. The number of fused-ring (bicyclic) bond motifs is 6. The Labute approximate surface area is 528 Å². The molecule has 84 heavy (non-hydrogen) atoms. The summed E-state index contributed by atoms with van der Waals surface area (Å²) >= 11 is 1.30. The first-order valence-corrected chi connectivity index (χ1v) is 25.4. The molecule has 56 radical (unpaired) electrons. The molecule has 0 fully saturated rings. The highest BCUT2D eigenvalue weighted by Gasteiger charge is 2.30. The number of hydrogen-bond donors (Lipinski definition) is 0. The van der Waals surface area contributed by atoms with E-state index in [9.17, 15) is 0 Å². The zero-order valence-corrected chi connectivity index (χ0v) is 45.0. The van der Waals surface area contributed by atoms with Gasteiger partial charge in [0.2, 0.25) is 0 Å². The predicted octanol–water partition coefficient (Wildman–Crippen LogP) is -19.0. The van der Waals surface area contributed by atoms with Gasteiger partial charge < -0.3 is 4.42 Å². The fraction of sp³-hybridized carbons (Fsp3) is 0. The van der Waals surface area contributed by atoms with E-state index in [4.69, 9.17) is 234 Å². The number of hydrogen-bond acceptors (Lipinski definition) is 4. The molecule has 3 aromatic heterocycles. The molecule has 0 N–H and O–H groups in total. The second kappa shape index (κ2) is 21.2. The summed E-state index contributed by atoms with van der Waals surface area (Å²) in [7, 11) is 186. The molecule has 11 aromatic rings. The van der Waals surface area contributed by atoms with Crippen molar-refractivity contribution in [2.24, 2.45) is 0 Å². The molecule has 0 bridgehead atoms. The van der Waals surface area contributed by atoms with Gasteiger partial charge in [-0.05, 0) is 67.8 Å². The van der Waals surface area contributed by atoms with Crippen LogP contribution in [-0.4, -0.2) is 230 Å². The number of nitrogens with zero attached hydrogens (tertiary/aromatic N) is 2. The molecule has 0 saturated heterocycles. The molecule has 0 aliphatic rings. The van der Waals surface area contributed by atoms with Crippen molar-refractivity contribution in [3.8, 4) is 66.9 Å². The normalized spacial score (nSPS) is 11.7. The van der Waals surface area contributed by atoms with E-state index in [1.807, 2.05) is 6.07 Å². The smallest absolute Gasteiger partial charge is 0.141 e. The van der Waals surface area contributed by atoms with Crippen molar-refractivity contribution in [2.45, 2.75) is 0 Å². The number of rotatable bonds is 6. The molecule has 0 spiro atoms. The van der Waals surface area contributed by atoms with Crippen molar-refractivity contribution in [1.29, 1.82) is 0 Å². The van der Waals surface area contributed by atoms with Gasteiger partial charge >= 0.3 is 0 Å². The van der Waals surface area contributed by atoms with E-state index >= 15 is 0 Å². The Balaban J connectivity index is 1.11. The van der Waals surface area contributed by atoms with Gasteiger partial charge in [0.15, 0.2) is 0 Å². The van der Waals surface area contributed by atoms with E-state index in [1.165, 1.54) is 17.7 Å². The van der Waals surface area contributed by atoms with Gasteiger partial charge in [0, 0.05) is 26.4 Å². The lowest BCUT2D eigenvalue weighted by molar-refractivity contribution is 0.673. The molecule has 318 valence electrons. The van der Waals surface area contributed by atoms with Crippen molar-refractivity contribution < 1.29 is 4.42 Å². The summed E-state index contributed by atoms with van der Waals surface area (Å²) in [5.41, 5.74) is -0.762. The maximum atomic E-state index is 7.26. The summed E-state index contributed by atoms with van der Waals surface area (Å²) in [6.07, 6.45) is 1.32. The highest BCUT2D eigenvalue weighted by molar-refractivity contribution is 7.26. The zero-order chi connectivity index (χ0) is 61.4. The van der Waals surface area contributed by atoms with Crippen LogP contribution >= 0.6 is 11.3 Å². The molecule has 11 rings (SSSR count). The van der Waals surface area contributed by atoms with E-state index in [2.05, 4.69) is 0 Å². The van der Waals surface area contributed by atoms with Crippen molar-refractivity contribution in [1.82, 2.24) is 9.97 Å². The zero-order valence-electron chi connectivity index (χ0n) is 44.2. The standard InChI is InChI=1S/C52H4B28N2OS/c53-20-9(10-26(59)28(61)12(29(62)27(10)60)14-32(65)43(76)46(79)44(77)33(14)66)35(68)47(80)51-17(20)18-37(70)40(73)36(69)16(50(18)83-51)15-21(54)19(38(71)39(72)34(15)67)49-52-48(81-4-82-49)6-3-5(1-2-7(6)84-52)8-22(55)24(57)11(25(58)23(8)56)13-30(63)41(74)45(78)42(75)31(13)64/h1-4H. The molecular formula is C52H4B28N2OS. The summed E-state index contributed by atoms with van der Waals surface area (Å²) in [6.45, 7) is 0. The Morgan fingerprint density at radius 1 is 0.274 bits per heavy atom. The number of thiophene rings is 1. The first kappa shape index (κ1) is 60.4. The van der Waals surface area contributed by atoms with Crippen LogP contribution in [0.1, 0.15) is 0 Å². The summed E-state index contributed by atoms with van der Waals surface area (Å²) < 4.78 is 7.84. The highest BCUT2D eigenvalue weighted by atomic mass is 32.1. The monoisotopic (exact) mass is 1010 g/mol. The molecule has 3 heterocycles. The molecule has 3 nitrogen and oxygen atoms in total. The van der Waals surface area contributed by atoms with Gasteiger partial charge in [-0.3, -0.25) is 0 Å². The van der Waals surface area contributed by atoms with E-state index in [1.54, 1.807) is 12.1 Å². The van der Waals surface area contributed by atoms with Gasteiger partial charge in [-0.2, -0.15) is 0 Å².